The molecule has 1 saturated heterocycles. The molecule has 4 nitrogen and oxygen atoms in total. The Bertz CT molecular complexity index is 484. The van der Waals surface area contributed by atoms with Gasteiger partial charge in [-0.3, -0.25) is 4.90 Å². The fourth-order valence-corrected chi connectivity index (χ4v) is 2.70. The molecule has 1 aromatic carbocycles. The number of benzene rings is 1. The summed E-state index contributed by atoms with van der Waals surface area (Å²) in [6.07, 6.45) is 2.21. The van der Waals surface area contributed by atoms with Gasteiger partial charge in [0.05, 0.1) is 11.6 Å². The van der Waals surface area contributed by atoms with Gasteiger partial charge in [-0.15, -0.1) is 0 Å². The van der Waals surface area contributed by atoms with Crippen molar-refractivity contribution in [2.45, 2.75) is 19.8 Å². The lowest BCUT2D eigenvalue weighted by atomic mass is 9.83. The Morgan fingerprint density at radius 3 is 3.10 bits per heavy atom. The van der Waals surface area contributed by atoms with Crippen molar-refractivity contribution in [1.29, 1.82) is 5.26 Å². The van der Waals surface area contributed by atoms with Crippen LogP contribution in [0.5, 0.6) is 5.75 Å². The van der Waals surface area contributed by atoms with E-state index in [2.05, 4.69) is 17.9 Å². The van der Waals surface area contributed by atoms with Gasteiger partial charge in [-0.25, -0.2) is 0 Å². The Labute approximate surface area is 120 Å². The van der Waals surface area contributed by atoms with Crippen LogP contribution in [0.4, 0.5) is 0 Å². The lowest BCUT2D eigenvalue weighted by molar-refractivity contribution is 0.0406. The second kappa shape index (κ2) is 6.74. The summed E-state index contributed by atoms with van der Waals surface area (Å²) >= 11 is 0. The minimum atomic E-state index is 0.0268. The van der Waals surface area contributed by atoms with Gasteiger partial charge in [-0.1, -0.05) is 13.0 Å². The summed E-state index contributed by atoms with van der Waals surface area (Å²) in [4.78, 5) is 2.34. The summed E-state index contributed by atoms with van der Waals surface area (Å²) in [5, 5.41) is 18.3. The largest absolute Gasteiger partial charge is 0.492 e. The quantitative estimate of drug-likeness (QED) is 0.892. The van der Waals surface area contributed by atoms with Crippen molar-refractivity contribution >= 4 is 0 Å². The van der Waals surface area contributed by atoms with E-state index in [1.807, 2.05) is 12.1 Å². The normalized spacial score (nSPS) is 23.2. The maximum atomic E-state index is 9.44. The molecule has 0 aliphatic carbocycles. The molecule has 1 N–H and O–H groups in total. The Hall–Kier alpha value is -1.57. The topological polar surface area (TPSA) is 56.5 Å². The van der Waals surface area contributed by atoms with Crippen molar-refractivity contribution in [3.63, 3.8) is 0 Å². The van der Waals surface area contributed by atoms with Gasteiger partial charge in [-0.2, -0.15) is 5.26 Å². The Morgan fingerprint density at radius 1 is 1.50 bits per heavy atom. The van der Waals surface area contributed by atoms with E-state index in [9.17, 15) is 5.11 Å². The number of aliphatic hydroxyl groups excluding tert-OH is 1. The average Bonchev–Trinajstić information content (AvgIpc) is 2.48. The molecule has 0 bridgehead atoms. The first-order valence-corrected chi connectivity index (χ1v) is 7.11. The summed E-state index contributed by atoms with van der Waals surface area (Å²) in [5.74, 6) is 0.742. The zero-order valence-electron chi connectivity index (χ0n) is 12.0. The molecule has 0 amide bonds. The summed E-state index contributed by atoms with van der Waals surface area (Å²) in [7, 11) is 0. The standard InChI is InChI=1S/C16H22N2O2/c1-16(13-19)6-3-7-18(12-16)8-9-20-15-5-2-4-14(10-15)11-17/h2,4-5,10,19H,3,6-9,12-13H2,1H3. The first-order chi connectivity index (χ1) is 9.65. The Morgan fingerprint density at radius 2 is 2.35 bits per heavy atom. The fraction of sp³-hybridized carbons (Fsp3) is 0.562. The molecule has 1 aliphatic rings. The molecule has 1 unspecified atom stereocenters. The third-order valence-corrected chi connectivity index (χ3v) is 3.88. The second-order valence-corrected chi connectivity index (χ2v) is 5.84. The second-order valence-electron chi connectivity index (χ2n) is 5.84. The monoisotopic (exact) mass is 274 g/mol. The lowest BCUT2D eigenvalue weighted by Crippen LogP contribution is -2.45. The highest BCUT2D eigenvalue weighted by molar-refractivity contribution is 5.36. The van der Waals surface area contributed by atoms with E-state index in [1.165, 1.54) is 0 Å². The van der Waals surface area contributed by atoms with Crippen molar-refractivity contribution in [1.82, 2.24) is 4.90 Å². The zero-order valence-corrected chi connectivity index (χ0v) is 12.0. The molecule has 108 valence electrons. The Balaban J connectivity index is 1.79. The lowest BCUT2D eigenvalue weighted by Gasteiger charge is -2.39. The highest BCUT2D eigenvalue weighted by atomic mass is 16.5. The van der Waals surface area contributed by atoms with Crippen molar-refractivity contribution in [2.75, 3.05) is 32.8 Å². The minimum Gasteiger partial charge on any atom is -0.492 e. The van der Waals surface area contributed by atoms with Gasteiger partial charge in [0.25, 0.3) is 0 Å². The minimum absolute atomic E-state index is 0.0268. The first kappa shape index (κ1) is 14.8. The number of rotatable bonds is 5. The number of likely N-dealkylation sites (tertiary alicyclic amines) is 1. The predicted octanol–water partition coefficient (Wildman–Crippen LogP) is 2.03. The van der Waals surface area contributed by atoms with Crippen molar-refractivity contribution < 1.29 is 9.84 Å². The van der Waals surface area contributed by atoms with Crippen LogP contribution in [0.15, 0.2) is 24.3 Å². The van der Waals surface area contributed by atoms with E-state index in [1.54, 1.807) is 12.1 Å². The molecule has 20 heavy (non-hydrogen) atoms. The first-order valence-electron chi connectivity index (χ1n) is 7.11. The number of aliphatic hydroxyl groups is 1. The summed E-state index contributed by atoms with van der Waals surface area (Å²) in [5.41, 5.74) is 0.646. The average molecular weight is 274 g/mol. The number of hydrogen-bond donors (Lipinski definition) is 1. The molecule has 0 radical (unpaired) electrons. The van der Waals surface area contributed by atoms with Crippen LogP contribution < -0.4 is 4.74 Å². The molecule has 0 saturated carbocycles. The molecular weight excluding hydrogens is 252 g/mol. The van der Waals surface area contributed by atoms with Crippen molar-refractivity contribution in [3.05, 3.63) is 29.8 Å². The SMILES string of the molecule is CC1(CO)CCCN(CCOc2cccc(C#N)c2)C1. The molecule has 0 spiro atoms. The molecule has 1 aromatic rings. The number of ether oxygens (including phenoxy) is 1. The maximum absolute atomic E-state index is 9.44. The highest BCUT2D eigenvalue weighted by Gasteiger charge is 2.29. The van der Waals surface area contributed by atoms with Gasteiger partial charge < -0.3 is 9.84 Å². The molecule has 1 heterocycles. The van der Waals surface area contributed by atoms with Crippen LogP contribution in [0, 0.1) is 16.7 Å². The number of piperidine rings is 1. The van der Waals surface area contributed by atoms with Crippen molar-refractivity contribution in [2.24, 2.45) is 5.41 Å². The van der Waals surface area contributed by atoms with Gasteiger partial charge in [0.15, 0.2) is 0 Å². The van der Waals surface area contributed by atoms with Crippen LogP contribution in [0.3, 0.4) is 0 Å². The van der Waals surface area contributed by atoms with Crippen LogP contribution in [0.25, 0.3) is 0 Å². The molecule has 1 fully saturated rings. The molecule has 2 rings (SSSR count). The van der Waals surface area contributed by atoms with Crippen LogP contribution in [0.2, 0.25) is 0 Å². The molecular formula is C16H22N2O2. The number of nitrogens with zero attached hydrogens (tertiary/aromatic N) is 2. The van der Waals surface area contributed by atoms with Gasteiger partial charge in [-0.05, 0) is 37.6 Å². The number of hydrogen-bond acceptors (Lipinski definition) is 4. The van der Waals surface area contributed by atoms with E-state index in [-0.39, 0.29) is 12.0 Å². The van der Waals surface area contributed by atoms with E-state index < -0.39 is 0 Å². The molecule has 4 heteroatoms. The molecule has 0 aromatic heterocycles. The van der Waals surface area contributed by atoms with Crippen LogP contribution in [-0.4, -0.2) is 42.9 Å². The molecule has 1 atom stereocenters. The van der Waals surface area contributed by atoms with Gasteiger partial charge >= 0.3 is 0 Å². The highest BCUT2D eigenvalue weighted by Crippen LogP contribution is 2.28. The summed E-state index contributed by atoms with van der Waals surface area (Å²) < 4.78 is 5.70. The molecule has 1 aliphatic heterocycles. The fourth-order valence-electron chi connectivity index (χ4n) is 2.70. The Kier molecular flexibility index (Phi) is 4.99. The van der Waals surface area contributed by atoms with Gasteiger partial charge in [0.1, 0.15) is 12.4 Å². The summed E-state index contributed by atoms with van der Waals surface area (Å²) in [6, 6.07) is 9.33. The van der Waals surface area contributed by atoms with Crippen LogP contribution in [-0.2, 0) is 0 Å². The van der Waals surface area contributed by atoms with Crippen molar-refractivity contribution in [3.8, 4) is 11.8 Å². The van der Waals surface area contributed by atoms with Gasteiger partial charge in [0, 0.05) is 25.1 Å². The third kappa shape index (κ3) is 3.96. The van der Waals surface area contributed by atoms with Gasteiger partial charge in [0.2, 0.25) is 0 Å². The van der Waals surface area contributed by atoms with Crippen LogP contribution in [0.1, 0.15) is 25.3 Å². The maximum Gasteiger partial charge on any atom is 0.120 e. The van der Waals surface area contributed by atoms with E-state index in [0.717, 1.165) is 38.2 Å². The number of nitriles is 1. The third-order valence-electron chi connectivity index (χ3n) is 3.88. The smallest absolute Gasteiger partial charge is 0.120 e. The zero-order chi connectivity index (χ0) is 14.4. The summed E-state index contributed by atoms with van der Waals surface area (Å²) in [6.45, 7) is 5.83. The van der Waals surface area contributed by atoms with E-state index in [4.69, 9.17) is 10.00 Å². The van der Waals surface area contributed by atoms with E-state index >= 15 is 0 Å². The van der Waals surface area contributed by atoms with E-state index in [0.29, 0.717) is 12.2 Å². The predicted molar refractivity (Wildman–Crippen MR) is 77.5 cm³/mol. The van der Waals surface area contributed by atoms with Crippen LogP contribution >= 0.6 is 0 Å².